The molecule has 0 spiro atoms. The number of hydrogen-bond acceptors (Lipinski definition) is 6. The molecule has 2 heterocycles. The SMILES string of the molecule is C.C.CC1(C)OCCO1.CC1(C)SCCS1.COC(C)(C)OC. The van der Waals surface area contributed by atoms with Gasteiger partial charge in [0.25, 0.3) is 0 Å². The molecule has 4 nitrogen and oxygen atoms in total. The highest BCUT2D eigenvalue weighted by Gasteiger charge is 2.24. The van der Waals surface area contributed by atoms with Crippen LogP contribution in [-0.4, -0.2) is 54.6 Å². The summed E-state index contributed by atoms with van der Waals surface area (Å²) in [5.74, 6) is 1.97. The third kappa shape index (κ3) is 15.8. The van der Waals surface area contributed by atoms with Crippen molar-refractivity contribution in [3.63, 3.8) is 0 Å². The van der Waals surface area contributed by atoms with Gasteiger partial charge in [-0.3, -0.25) is 0 Å². The molecule has 2 aliphatic rings. The first-order chi connectivity index (χ1) is 9.54. The van der Waals surface area contributed by atoms with Crippen LogP contribution in [0.3, 0.4) is 0 Å². The van der Waals surface area contributed by atoms with Crippen molar-refractivity contribution in [2.45, 2.75) is 72.0 Å². The predicted octanol–water partition coefficient (Wildman–Crippen LogP) is 5.26. The molecule has 0 bridgehead atoms. The number of rotatable bonds is 2. The Bertz CT molecular complexity index is 237. The Morgan fingerprint density at radius 2 is 1.17 bits per heavy atom. The average Bonchev–Trinajstić information content (AvgIpc) is 2.98. The maximum atomic E-state index is 5.12. The summed E-state index contributed by atoms with van der Waals surface area (Å²) < 4.78 is 20.5. The summed E-state index contributed by atoms with van der Waals surface area (Å²) in [6.45, 7) is 13.6. The first-order valence-electron chi connectivity index (χ1n) is 7.20. The van der Waals surface area contributed by atoms with Gasteiger partial charge in [0.15, 0.2) is 11.6 Å². The van der Waals surface area contributed by atoms with Crippen LogP contribution in [0.15, 0.2) is 0 Å². The summed E-state index contributed by atoms with van der Waals surface area (Å²) in [5.41, 5.74) is 0. The predicted molar refractivity (Wildman–Crippen MR) is 107 cm³/mol. The van der Waals surface area contributed by atoms with Gasteiger partial charge >= 0.3 is 0 Å². The van der Waals surface area contributed by atoms with Gasteiger partial charge < -0.3 is 18.9 Å². The number of methoxy groups -OCH3 is 2. The Labute approximate surface area is 153 Å². The van der Waals surface area contributed by atoms with Crippen molar-refractivity contribution < 1.29 is 18.9 Å². The Kier molecular flexibility index (Phi) is 15.8. The molecule has 0 radical (unpaired) electrons. The Morgan fingerprint density at radius 3 is 1.26 bits per heavy atom. The van der Waals surface area contributed by atoms with Gasteiger partial charge in [-0.2, -0.15) is 0 Å². The monoisotopic (exact) mass is 372 g/mol. The van der Waals surface area contributed by atoms with Crippen molar-refractivity contribution in [1.29, 1.82) is 0 Å². The Balaban J connectivity index is -0.000000250. The van der Waals surface area contributed by atoms with Gasteiger partial charge in [0, 0.05) is 25.7 Å². The van der Waals surface area contributed by atoms with Crippen molar-refractivity contribution in [2.24, 2.45) is 0 Å². The third-order valence-electron chi connectivity index (χ3n) is 2.95. The normalized spacial score (nSPS) is 20.9. The van der Waals surface area contributed by atoms with Crippen LogP contribution in [0.25, 0.3) is 0 Å². The van der Waals surface area contributed by atoms with Crippen molar-refractivity contribution in [1.82, 2.24) is 0 Å². The van der Waals surface area contributed by atoms with Crippen molar-refractivity contribution >= 4 is 23.5 Å². The smallest absolute Gasteiger partial charge is 0.162 e. The topological polar surface area (TPSA) is 36.9 Å². The standard InChI is InChI=1S/C5H10O2.C5H12O2.C5H10S2.2CH4/c1-5(2)6-3-4-7-5;1-5(2,6-3)7-4;1-5(2)6-3-4-7-5;;/h3-4H2,1-2H3;1-4H3;3-4H2,1-2H3;2*1H4. The van der Waals surface area contributed by atoms with Gasteiger partial charge in [0.1, 0.15) is 0 Å². The molecule has 6 heteroatoms. The fraction of sp³-hybridized carbons (Fsp3) is 1.00. The van der Waals surface area contributed by atoms with E-state index in [9.17, 15) is 0 Å². The van der Waals surface area contributed by atoms with Crippen molar-refractivity contribution in [3.05, 3.63) is 0 Å². The first-order valence-corrected chi connectivity index (χ1v) is 9.17. The summed E-state index contributed by atoms with van der Waals surface area (Å²) >= 11 is 4.12. The van der Waals surface area contributed by atoms with E-state index in [2.05, 4.69) is 37.4 Å². The van der Waals surface area contributed by atoms with Crippen LogP contribution in [0.1, 0.15) is 56.4 Å². The largest absolute Gasteiger partial charge is 0.354 e. The van der Waals surface area contributed by atoms with Gasteiger partial charge in [-0.05, 0) is 41.5 Å². The average molecular weight is 373 g/mol. The highest BCUT2D eigenvalue weighted by molar-refractivity contribution is 8.21. The molecule has 2 fully saturated rings. The number of thioether (sulfide) groups is 2. The third-order valence-corrected chi connectivity index (χ3v) is 6.12. The molecule has 0 saturated carbocycles. The molecule has 0 atom stereocenters. The van der Waals surface area contributed by atoms with E-state index in [4.69, 9.17) is 18.9 Å². The fourth-order valence-corrected chi connectivity index (χ4v) is 3.80. The summed E-state index contributed by atoms with van der Waals surface area (Å²) in [7, 11) is 3.23. The molecule has 2 aliphatic heterocycles. The summed E-state index contributed by atoms with van der Waals surface area (Å²) in [6, 6.07) is 0. The minimum atomic E-state index is -0.417. The molecule has 0 aliphatic carbocycles. The lowest BCUT2D eigenvalue weighted by atomic mass is 10.4. The van der Waals surface area contributed by atoms with Crippen molar-refractivity contribution in [2.75, 3.05) is 38.9 Å². The summed E-state index contributed by atoms with van der Waals surface area (Å²) in [6.07, 6.45) is 0. The number of ether oxygens (including phenoxy) is 4. The van der Waals surface area contributed by atoms with Crippen LogP contribution in [0, 0.1) is 0 Å². The second-order valence-electron chi connectivity index (χ2n) is 6.00. The molecule has 144 valence electrons. The molecule has 2 saturated heterocycles. The van der Waals surface area contributed by atoms with Crippen LogP contribution in [-0.2, 0) is 18.9 Å². The van der Waals surface area contributed by atoms with Gasteiger partial charge in [0.05, 0.1) is 17.3 Å². The molecule has 0 amide bonds. The molecule has 23 heavy (non-hydrogen) atoms. The van der Waals surface area contributed by atoms with Crippen molar-refractivity contribution in [3.8, 4) is 0 Å². The van der Waals surface area contributed by atoms with E-state index in [0.29, 0.717) is 4.08 Å². The highest BCUT2D eigenvalue weighted by Crippen LogP contribution is 2.42. The zero-order valence-corrected chi connectivity index (χ0v) is 16.4. The molecule has 2 rings (SSSR count). The van der Waals surface area contributed by atoms with Crippen LogP contribution >= 0.6 is 23.5 Å². The van der Waals surface area contributed by atoms with Crippen LogP contribution in [0.5, 0.6) is 0 Å². The van der Waals surface area contributed by atoms with Gasteiger partial charge in [-0.15, -0.1) is 23.5 Å². The Hall–Kier alpha value is 0.540. The van der Waals surface area contributed by atoms with Crippen LogP contribution < -0.4 is 0 Å². The minimum Gasteiger partial charge on any atom is -0.354 e. The maximum absolute atomic E-state index is 5.12. The lowest BCUT2D eigenvalue weighted by Crippen LogP contribution is -2.24. The zero-order valence-electron chi connectivity index (χ0n) is 14.8. The van der Waals surface area contributed by atoms with E-state index in [1.54, 1.807) is 14.2 Å². The summed E-state index contributed by atoms with van der Waals surface area (Å²) in [4.78, 5) is 0. The minimum absolute atomic E-state index is 0. The molecule has 0 N–H and O–H groups in total. The molecule has 0 aromatic heterocycles. The molecular formula is C17H40O4S2. The Morgan fingerprint density at radius 1 is 0.826 bits per heavy atom. The van der Waals surface area contributed by atoms with E-state index >= 15 is 0 Å². The summed E-state index contributed by atoms with van der Waals surface area (Å²) in [5, 5.41) is 0. The highest BCUT2D eigenvalue weighted by atomic mass is 32.2. The van der Waals surface area contributed by atoms with Gasteiger partial charge in [-0.1, -0.05) is 14.9 Å². The van der Waals surface area contributed by atoms with E-state index in [1.165, 1.54) is 11.5 Å². The van der Waals surface area contributed by atoms with E-state index < -0.39 is 5.79 Å². The number of hydrogen-bond donors (Lipinski definition) is 0. The lowest BCUT2D eigenvalue weighted by molar-refractivity contribution is -0.178. The fourth-order valence-electron chi connectivity index (χ4n) is 1.32. The van der Waals surface area contributed by atoms with Gasteiger partial charge in [-0.25, -0.2) is 0 Å². The van der Waals surface area contributed by atoms with Crippen LogP contribution in [0.4, 0.5) is 0 Å². The van der Waals surface area contributed by atoms with E-state index in [1.807, 2.05) is 27.7 Å². The molecule has 0 unspecified atom stereocenters. The quantitative estimate of drug-likeness (QED) is 0.615. The van der Waals surface area contributed by atoms with E-state index in [-0.39, 0.29) is 20.6 Å². The molecular weight excluding hydrogens is 332 g/mol. The maximum Gasteiger partial charge on any atom is 0.162 e. The lowest BCUT2D eigenvalue weighted by Gasteiger charge is -2.19. The van der Waals surface area contributed by atoms with Gasteiger partial charge in [0.2, 0.25) is 0 Å². The first kappa shape index (κ1) is 28.3. The van der Waals surface area contributed by atoms with Crippen LogP contribution in [0.2, 0.25) is 0 Å². The van der Waals surface area contributed by atoms with E-state index in [0.717, 1.165) is 13.2 Å². The second-order valence-corrected chi connectivity index (χ2v) is 9.70. The second kappa shape index (κ2) is 12.8. The zero-order chi connectivity index (χ0) is 16.6. The molecule has 0 aromatic rings. The molecule has 0 aromatic carbocycles.